The third kappa shape index (κ3) is 4.64. The van der Waals surface area contributed by atoms with Crippen molar-refractivity contribution in [3.8, 4) is 0 Å². The van der Waals surface area contributed by atoms with Crippen molar-refractivity contribution in [3.05, 3.63) is 82.7 Å². The minimum absolute atomic E-state index is 0.205. The Kier molecular flexibility index (Phi) is 5.58. The lowest BCUT2D eigenvalue weighted by Gasteiger charge is -2.13. The quantitative estimate of drug-likeness (QED) is 0.725. The molecule has 3 aromatic rings. The highest BCUT2D eigenvalue weighted by Crippen LogP contribution is 2.23. The number of pyridine rings is 1. The maximum atomic E-state index is 12.4. The van der Waals surface area contributed by atoms with E-state index in [1.807, 2.05) is 43.3 Å². The highest BCUT2D eigenvalue weighted by Gasteiger charge is 2.11. The second-order valence-corrected chi connectivity index (χ2v) is 6.57. The molecule has 0 fully saturated rings. The minimum atomic E-state index is -0.223. The van der Waals surface area contributed by atoms with Crippen LogP contribution in [0.25, 0.3) is 0 Å². The van der Waals surface area contributed by atoms with Crippen LogP contribution in [0, 0.1) is 6.92 Å². The van der Waals surface area contributed by atoms with Gasteiger partial charge in [-0.05, 0) is 49.1 Å². The number of nitrogens with one attached hydrogen (secondary N) is 1. The van der Waals surface area contributed by atoms with Gasteiger partial charge in [0.1, 0.15) is 10.8 Å². The molecule has 0 saturated carbocycles. The maximum absolute atomic E-state index is 12.4. The molecule has 0 aliphatic carbocycles. The van der Waals surface area contributed by atoms with Crippen LogP contribution in [0.1, 0.15) is 40.3 Å². The molecule has 1 atom stereocenters. The van der Waals surface area contributed by atoms with Crippen molar-refractivity contribution in [1.29, 1.82) is 0 Å². The van der Waals surface area contributed by atoms with Crippen molar-refractivity contribution < 1.29 is 4.79 Å². The number of aryl methyl sites for hydroxylation is 1. The van der Waals surface area contributed by atoms with Crippen LogP contribution in [0.5, 0.6) is 0 Å². The van der Waals surface area contributed by atoms with E-state index in [9.17, 15) is 4.79 Å². The van der Waals surface area contributed by atoms with Crippen LogP contribution in [-0.2, 0) is 6.42 Å². The summed E-state index contributed by atoms with van der Waals surface area (Å²) >= 11 is 5.90. The molecule has 0 aliphatic heterocycles. The first-order chi connectivity index (χ1) is 12.5. The van der Waals surface area contributed by atoms with Crippen LogP contribution >= 0.6 is 11.6 Å². The summed E-state index contributed by atoms with van der Waals surface area (Å²) in [5.74, 6) is -0.0177. The summed E-state index contributed by atoms with van der Waals surface area (Å²) in [5.41, 5.74) is 3.88. The van der Waals surface area contributed by atoms with E-state index in [0.717, 1.165) is 22.6 Å². The summed E-state index contributed by atoms with van der Waals surface area (Å²) in [4.78, 5) is 25.0. The van der Waals surface area contributed by atoms with Gasteiger partial charge in [0.2, 0.25) is 0 Å². The molecule has 1 aromatic carbocycles. The van der Waals surface area contributed by atoms with Gasteiger partial charge in [0, 0.05) is 17.6 Å². The van der Waals surface area contributed by atoms with Crippen LogP contribution < -0.4 is 5.32 Å². The predicted octanol–water partition coefficient (Wildman–Crippen LogP) is 4.43. The van der Waals surface area contributed by atoms with Gasteiger partial charge >= 0.3 is 0 Å². The molecule has 0 bridgehead atoms. The molecular formula is C20H19ClN4O. The molecule has 3 rings (SSSR count). The number of hydrogen-bond donors (Lipinski definition) is 1. The largest absolute Gasteiger partial charge is 0.321 e. The number of anilines is 1. The summed E-state index contributed by atoms with van der Waals surface area (Å²) in [6.07, 6.45) is 3.95. The molecule has 6 heteroatoms. The van der Waals surface area contributed by atoms with Crippen molar-refractivity contribution >= 4 is 23.2 Å². The number of nitrogens with zero attached hydrogens (tertiary/aromatic N) is 3. The highest BCUT2D eigenvalue weighted by molar-refractivity contribution is 6.29. The molecule has 0 spiro atoms. The molecule has 132 valence electrons. The molecule has 0 aliphatic rings. The first-order valence-corrected chi connectivity index (χ1v) is 8.70. The molecule has 26 heavy (non-hydrogen) atoms. The van der Waals surface area contributed by atoms with Gasteiger partial charge in [-0.15, -0.1) is 0 Å². The lowest BCUT2D eigenvalue weighted by Crippen LogP contribution is -2.14. The second-order valence-electron chi connectivity index (χ2n) is 6.18. The fourth-order valence-corrected chi connectivity index (χ4v) is 2.86. The fraction of sp³-hybridized carbons (Fsp3) is 0.200. The minimum Gasteiger partial charge on any atom is -0.321 e. The lowest BCUT2D eigenvalue weighted by atomic mass is 9.96. The first-order valence-electron chi connectivity index (χ1n) is 8.32. The standard InChI is InChI=1S/C20H19ClN4O/c1-13(9-17-11-22-12-19(21)24-17)15-6-4-7-16(10-15)25-20(26)18-8-3-5-14(2)23-18/h3-8,10-13H,9H2,1-2H3,(H,25,26)/t13-/m1/s1. The molecule has 5 nitrogen and oxygen atoms in total. The van der Waals surface area contributed by atoms with Crippen molar-refractivity contribution in [1.82, 2.24) is 15.0 Å². The SMILES string of the molecule is Cc1cccc(C(=O)Nc2cccc([C@H](C)Cc3cncc(Cl)n3)c2)n1. The van der Waals surface area contributed by atoms with E-state index >= 15 is 0 Å². The zero-order valence-electron chi connectivity index (χ0n) is 14.6. The zero-order chi connectivity index (χ0) is 18.5. The van der Waals surface area contributed by atoms with Crippen LogP contribution in [0.4, 0.5) is 5.69 Å². The Bertz CT molecular complexity index is 929. The van der Waals surface area contributed by atoms with Crippen molar-refractivity contribution in [2.75, 3.05) is 5.32 Å². The molecular weight excluding hydrogens is 348 g/mol. The van der Waals surface area contributed by atoms with Gasteiger partial charge < -0.3 is 5.32 Å². The van der Waals surface area contributed by atoms with Crippen LogP contribution in [0.15, 0.2) is 54.9 Å². The zero-order valence-corrected chi connectivity index (χ0v) is 15.4. The third-order valence-electron chi connectivity index (χ3n) is 4.00. The topological polar surface area (TPSA) is 67.8 Å². The summed E-state index contributed by atoms with van der Waals surface area (Å²) in [5, 5.41) is 3.29. The number of benzene rings is 1. The number of halogens is 1. The first kappa shape index (κ1) is 18.0. The molecule has 1 N–H and O–H groups in total. The number of carbonyl (C=O) groups is 1. The van der Waals surface area contributed by atoms with Crippen LogP contribution in [0.3, 0.4) is 0 Å². The van der Waals surface area contributed by atoms with E-state index in [4.69, 9.17) is 11.6 Å². The van der Waals surface area contributed by atoms with E-state index < -0.39 is 0 Å². The molecule has 0 radical (unpaired) electrons. The van der Waals surface area contributed by atoms with Crippen LogP contribution in [-0.4, -0.2) is 20.9 Å². The highest BCUT2D eigenvalue weighted by atomic mass is 35.5. The van der Waals surface area contributed by atoms with Gasteiger partial charge in [0.25, 0.3) is 5.91 Å². The number of carbonyl (C=O) groups excluding carboxylic acids is 1. The van der Waals surface area contributed by atoms with E-state index in [0.29, 0.717) is 17.3 Å². The van der Waals surface area contributed by atoms with Gasteiger partial charge in [-0.1, -0.05) is 36.7 Å². The van der Waals surface area contributed by atoms with Gasteiger partial charge in [-0.25, -0.2) is 9.97 Å². The Balaban J connectivity index is 1.72. The average molecular weight is 367 g/mol. The van der Waals surface area contributed by atoms with E-state index in [-0.39, 0.29) is 11.8 Å². The summed E-state index contributed by atoms with van der Waals surface area (Å²) < 4.78 is 0. The Labute approximate surface area is 157 Å². The molecule has 0 unspecified atom stereocenters. The lowest BCUT2D eigenvalue weighted by molar-refractivity contribution is 0.102. The Hall–Kier alpha value is -2.79. The fourth-order valence-electron chi connectivity index (χ4n) is 2.70. The predicted molar refractivity (Wildman–Crippen MR) is 103 cm³/mol. The Morgan fingerprint density at radius 1 is 1.15 bits per heavy atom. The number of amides is 1. The monoisotopic (exact) mass is 366 g/mol. The smallest absolute Gasteiger partial charge is 0.274 e. The maximum Gasteiger partial charge on any atom is 0.274 e. The van der Waals surface area contributed by atoms with Crippen molar-refractivity contribution in [2.24, 2.45) is 0 Å². The van der Waals surface area contributed by atoms with Gasteiger partial charge in [-0.3, -0.25) is 9.78 Å². The molecule has 1 amide bonds. The summed E-state index contributed by atoms with van der Waals surface area (Å²) in [6.45, 7) is 3.96. The average Bonchev–Trinajstić information content (AvgIpc) is 2.62. The van der Waals surface area contributed by atoms with Crippen molar-refractivity contribution in [2.45, 2.75) is 26.2 Å². The summed E-state index contributed by atoms with van der Waals surface area (Å²) in [6, 6.07) is 13.2. The molecule has 2 heterocycles. The van der Waals surface area contributed by atoms with Crippen LogP contribution in [0.2, 0.25) is 5.15 Å². The Morgan fingerprint density at radius 3 is 2.73 bits per heavy atom. The van der Waals surface area contributed by atoms with Crippen molar-refractivity contribution in [3.63, 3.8) is 0 Å². The normalized spacial score (nSPS) is 11.8. The Morgan fingerprint density at radius 2 is 1.96 bits per heavy atom. The number of hydrogen-bond acceptors (Lipinski definition) is 4. The molecule has 0 saturated heterocycles. The van der Waals surface area contributed by atoms with E-state index in [2.05, 4.69) is 27.2 Å². The van der Waals surface area contributed by atoms with E-state index in [1.54, 1.807) is 12.3 Å². The van der Waals surface area contributed by atoms with Gasteiger partial charge in [0.15, 0.2) is 0 Å². The van der Waals surface area contributed by atoms with E-state index in [1.165, 1.54) is 6.20 Å². The number of rotatable bonds is 5. The number of aromatic nitrogens is 3. The molecule has 2 aromatic heterocycles. The van der Waals surface area contributed by atoms with Gasteiger partial charge in [-0.2, -0.15) is 0 Å². The second kappa shape index (κ2) is 8.06. The summed E-state index contributed by atoms with van der Waals surface area (Å²) in [7, 11) is 0. The third-order valence-corrected chi connectivity index (χ3v) is 4.19. The van der Waals surface area contributed by atoms with Gasteiger partial charge in [0.05, 0.1) is 11.9 Å².